The van der Waals surface area contributed by atoms with Crippen molar-refractivity contribution in [1.82, 2.24) is 0 Å². The van der Waals surface area contributed by atoms with Crippen molar-refractivity contribution >= 4 is 23.0 Å². The van der Waals surface area contributed by atoms with E-state index in [4.69, 9.17) is 22.6 Å². The van der Waals surface area contributed by atoms with Crippen molar-refractivity contribution in [2.45, 2.75) is 78.6 Å². The van der Waals surface area contributed by atoms with E-state index in [1.165, 1.54) is 0 Å². The summed E-state index contributed by atoms with van der Waals surface area (Å²) in [6.07, 6.45) is 0.463. The van der Waals surface area contributed by atoms with Crippen LogP contribution in [0.15, 0.2) is 109 Å². The van der Waals surface area contributed by atoms with Gasteiger partial charge in [-0.15, -0.1) is 0 Å². The summed E-state index contributed by atoms with van der Waals surface area (Å²) in [7, 11) is -4.52. The maximum absolute atomic E-state index is 14.6. The van der Waals surface area contributed by atoms with Gasteiger partial charge in [-0.25, -0.2) is 0 Å². The molecule has 52 heavy (non-hydrogen) atoms. The van der Waals surface area contributed by atoms with Crippen LogP contribution in [0.25, 0.3) is 0 Å². The van der Waals surface area contributed by atoms with Gasteiger partial charge in [0.1, 0.15) is 28.7 Å². The SMILES string of the molecule is CC(C)c1ccccc1OP(Oc1ccccc1C(C)(C)C)Oc1cccc2c1C(=O)c1c(cccc1OP(O)Oc1ccccc1C(C)(C)C)C2. The van der Waals surface area contributed by atoms with E-state index >= 15 is 0 Å². The third-order valence-corrected chi connectivity index (χ3v) is 10.6. The summed E-state index contributed by atoms with van der Waals surface area (Å²) in [6.45, 7) is 16.8. The second-order valence-corrected chi connectivity index (χ2v) is 17.0. The zero-order valence-electron chi connectivity index (χ0n) is 31.0. The van der Waals surface area contributed by atoms with Crippen LogP contribution in [-0.4, -0.2) is 10.7 Å². The van der Waals surface area contributed by atoms with Gasteiger partial charge in [0, 0.05) is 11.1 Å². The second-order valence-electron chi connectivity index (χ2n) is 15.2. The molecular weight excluding hydrogens is 690 g/mol. The Kier molecular flexibility index (Phi) is 11.0. The molecule has 2 atom stereocenters. The summed E-state index contributed by atoms with van der Waals surface area (Å²) in [6, 6.07) is 34.2. The van der Waals surface area contributed by atoms with Crippen molar-refractivity contribution in [3.8, 4) is 28.7 Å². The van der Waals surface area contributed by atoms with Gasteiger partial charge in [0.2, 0.25) is 5.78 Å². The highest BCUT2D eigenvalue weighted by molar-refractivity contribution is 7.43. The molecule has 0 radical (unpaired) electrons. The first kappa shape index (κ1) is 37.4. The normalized spacial score (nSPS) is 13.8. The molecule has 6 rings (SSSR count). The molecule has 0 aliphatic heterocycles. The molecule has 2 unspecified atom stereocenters. The standard InChI is InChI=1S/C43H46O7P2/c1-28(2)31-19-9-12-22-34(31)48-52(49-36-24-14-11-21-33(36)43(6,7)8)50-38-26-16-18-30-27-29-17-15-25-37(39(29)41(44)40(30)38)47-51(45)46-35-23-13-10-20-32(35)42(3,4)5/h9-26,28,45H,27H2,1-8H3. The molecule has 270 valence electrons. The molecule has 5 aromatic carbocycles. The lowest BCUT2D eigenvalue weighted by atomic mass is 9.84. The Balaban J connectivity index is 1.33. The van der Waals surface area contributed by atoms with Crippen LogP contribution in [0.1, 0.15) is 105 Å². The van der Waals surface area contributed by atoms with E-state index in [1.807, 2.05) is 97.1 Å². The third-order valence-electron chi connectivity index (χ3n) is 8.86. The quantitative estimate of drug-likeness (QED) is 0.133. The van der Waals surface area contributed by atoms with Crippen LogP contribution in [-0.2, 0) is 17.3 Å². The molecular formula is C43H46O7P2. The lowest BCUT2D eigenvalue weighted by Gasteiger charge is -2.27. The van der Waals surface area contributed by atoms with Gasteiger partial charge in [0.15, 0.2) is 0 Å². The molecule has 1 N–H and O–H groups in total. The van der Waals surface area contributed by atoms with Gasteiger partial charge in [-0.1, -0.05) is 134 Å². The number of fused-ring (bicyclic) bond motifs is 2. The minimum Gasteiger partial charge on any atom is -0.418 e. The Hall–Kier alpha value is -4.41. The van der Waals surface area contributed by atoms with Crippen molar-refractivity contribution in [2.75, 3.05) is 0 Å². The Labute approximate surface area is 309 Å². The van der Waals surface area contributed by atoms with Crippen molar-refractivity contribution in [3.05, 3.63) is 148 Å². The molecule has 5 aromatic rings. The number of hydrogen-bond donors (Lipinski definition) is 1. The molecule has 9 heteroatoms. The lowest BCUT2D eigenvalue weighted by Crippen LogP contribution is -2.18. The van der Waals surface area contributed by atoms with E-state index in [0.29, 0.717) is 40.5 Å². The Morgan fingerprint density at radius 3 is 1.48 bits per heavy atom. The molecule has 7 nitrogen and oxygen atoms in total. The summed E-state index contributed by atoms with van der Waals surface area (Å²) >= 11 is 0. The molecule has 0 aromatic heterocycles. The largest absolute Gasteiger partial charge is 0.530 e. The zero-order valence-corrected chi connectivity index (χ0v) is 32.8. The van der Waals surface area contributed by atoms with Crippen LogP contribution in [0.2, 0.25) is 0 Å². The number of carbonyl (C=O) groups excluding carboxylic acids is 1. The topological polar surface area (TPSA) is 83.5 Å². The van der Waals surface area contributed by atoms with Gasteiger partial charge in [0.25, 0.3) is 0 Å². The maximum Gasteiger partial charge on any atom is 0.530 e. The van der Waals surface area contributed by atoms with Gasteiger partial charge < -0.3 is 27.5 Å². The highest BCUT2D eigenvalue weighted by Crippen LogP contribution is 2.49. The molecule has 0 heterocycles. The first-order valence-corrected chi connectivity index (χ1v) is 19.7. The highest BCUT2D eigenvalue weighted by atomic mass is 31.2. The van der Waals surface area contributed by atoms with Gasteiger partial charge in [-0.3, -0.25) is 4.79 Å². The van der Waals surface area contributed by atoms with Crippen molar-refractivity contribution in [1.29, 1.82) is 0 Å². The molecule has 0 spiro atoms. The first-order chi connectivity index (χ1) is 24.7. The van der Waals surface area contributed by atoms with E-state index in [1.54, 1.807) is 12.1 Å². The van der Waals surface area contributed by atoms with Crippen molar-refractivity contribution in [2.24, 2.45) is 0 Å². The van der Waals surface area contributed by atoms with E-state index in [0.717, 1.165) is 27.8 Å². The van der Waals surface area contributed by atoms with Crippen molar-refractivity contribution < 1.29 is 32.3 Å². The summed E-state index contributed by atoms with van der Waals surface area (Å²) in [5.41, 5.74) is 4.87. The highest BCUT2D eigenvalue weighted by Gasteiger charge is 2.34. The fraction of sp³-hybridized carbons (Fsp3) is 0.279. The Morgan fingerprint density at radius 1 is 0.538 bits per heavy atom. The van der Waals surface area contributed by atoms with Gasteiger partial charge in [-0.2, -0.15) is 0 Å². The fourth-order valence-corrected chi connectivity index (χ4v) is 8.06. The van der Waals surface area contributed by atoms with Crippen LogP contribution in [0.3, 0.4) is 0 Å². The zero-order chi connectivity index (χ0) is 37.2. The summed E-state index contributed by atoms with van der Waals surface area (Å²) in [5.74, 6) is 2.31. The molecule has 0 amide bonds. The van der Waals surface area contributed by atoms with Crippen LogP contribution in [0.5, 0.6) is 28.7 Å². The fourth-order valence-electron chi connectivity index (χ4n) is 6.30. The van der Waals surface area contributed by atoms with Crippen LogP contribution in [0.4, 0.5) is 0 Å². The first-order valence-electron chi connectivity index (χ1n) is 17.5. The third kappa shape index (κ3) is 8.29. The number of carbonyl (C=O) groups is 1. The smallest absolute Gasteiger partial charge is 0.418 e. The number of rotatable bonds is 11. The number of ketones is 1. The number of hydrogen-bond acceptors (Lipinski definition) is 7. The average Bonchev–Trinajstić information content (AvgIpc) is 3.08. The Morgan fingerprint density at radius 2 is 0.942 bits per heavy atom. The van der Waals surface area contributed by atoms with Gasteiger partial charge in [0.05, 0.1) is 11.1 Å². The molecule has 0 saturated carbocycles. The second kappa shape index (κ2) is 15.3. The van der Waals surface area contributed by atoms with Gasteiger partial charge in [-0.05, 0) is 70.2 Å². The van der Waals surface area contributed by atoms with E-state index in [2.05, 4.69) is 55.4 Å². The Bertz CT molecular complexity index is 2060. The molecule has 1 aliphatic rings. The molecule has 0 fully saturated rings. The summed E-state index contributed by atoms with van der Waals surface area (Å²) in [5, 5.41) is 0. The van der Waals surface area contributed by atoms with Gasteiger partial charge >= 0.3 is 17.2 Å². The van der Waals surface area contributed by atoms with Crippen LogP contribution >= 0.6 is 17.2 Å². The van der Waals surface area contributed by atoms with Crippen molar-refractivity contribution in [3.63, 3.8) is 0 Å². The van der Waals surface area contributed by atoms with Crippen LogP contribution < -0.4 is 22.6 Å². The van der Waals surface area contributed by atoms with E-state index in [9.17, 15) is 9.69 Å². The predicted molar refractivity (Wildman–Crippen MR) is 209 cm³/mol. The maximum atomic E-state index is 14.6. The monoisotopic (exact) mass is 736 g/mol. The molecule has 0 saturated heterocycles. The number of benzene rings is 5. The average molecular weight is 737 g/mol. The molecule has 0 bridgehead atoms. The predicted octanol–water partition coefficient (Wildman–Crippen LogP) is 12.0. The summed E-state index contributed by atoms with van der Waals surface area (Å²) < 4.78 is 31.8. The minimum absolute atomic E-state index is 0.193. The molecule has 1 aliphatic carbocycles. The summed E-state index contributed by atoms with van der Waals surface area (Å²) in [4.78, 5) is 25.6. The number of para-hydroxylation sites is 3. The van der Waals surface area contributed by atoms with E-state index in [-0.39, 0.29) is 28.3 Å². The van der Waals surface area contributed by atoms with Crippen LogP contribution in [0, 0.1) is 0 Å². The lowest BCUT2D eigenvalue weighted by molar-refractivity contribution is 0.103. The minimum atomic E-state index is -2.42. The van der Waals surface area contributed by atoms with E-state index < -0.39 is 17.2 Å².